The van der Waals surface area contributed by atoms with E-state index in [0.717, 1.165) is 24.6 Å². The van der Waals surface area contributed by atoms with Gasteiger partial charge < -0.3 is 5.11 Å². The molecule has 0 saturated heterocycles. The predicted molar refractivity (Wildman–Crippen MR) is 51.0 cm³/mol. The minimum absolute atomic E-state index is 0. The number of carbonyl (C=O) groups is 1. The molecule has 10 heavy (non-hydrogen) atoms. The van der Waals surface area contributed by atoms with Gasteiger partial charge in [0.2, 0.25) is 0 Å². The average Bonchev–Trinajstić information content (AvgIpc) is 1.80. The molecule has 0 rings (SSSR count). The van der Waals surface area contributed by atoms with E-state index in [-0.39, 0.29) is 9.90 Å². The van der Waals surface area contributed by atoms with Crippen LogP contribution in [0.2, 0.25) is 0 Å². The molecule has 0 aliphatic heterocycles. The highest BCUT2D eigenvalue weighted by Crippen LogP contribution is 2.01. The molecule has 0 bridgehead atoms. The molecule has 1 atom stereocenters. The zero-order valence-corrected chi connectivity index (χ0v) is 8.98. The van der Waals surface area contributed by atoms with Gasteiger partial charge in [-0.3, -0.25) is 4.79 Å². The number of hydrogen-bond acceptors (Lipinski definition) is 1. The summed E-state index contributed by atoms with van der Waals surface area (Å²) >= 11 is 3.27. The van der Waals surface area contributed by atoms with Crippen molar-refractivity contribution in [2.24, 2.45) is 0 Å². The van der Waals surface area contributed by atoms with E-state index in [1.54, 1.807) is 0 Å². The number of carboxylic acid groups (broad SMARTS) is 1. The molecule has 0 aliphatic carbocycles. The second-order valence-electron chi connectivity index (χ2n) is 1.89. The lowest BCUT2D eigenvalue weighted by Crippen LogP contribution is -1.93. The smallest absolute Gasteiger partial charge is 0.303 e. The van der Waals surface area contributed by atoms with E-state index in [1.165, 1.54) is 0 Å². The van der Waals surface area contributed by atoms with Crippen LogP contribution in [0.5, 0.6) is 0 Å². The highest BCUT2D eigenvalue weighted by atomic mass is 79.9. The molecule has 0 amide bonds. The third-order valence-electron chi connectivity index (χ3n) is 1.02. The molecule has 2 nitrogen and oxygen atoms in total. The van der Waals surface area contributed by atoms with Crippen molar-refractivity contribution in [3.8, 4) is 0 Å². The van der Waals surface area contributed by atoms with Crippen molar-refractivity contribution in [1.29, 1.82) is 0 Å². The first-order chi connectivity index (χ1) is 4.27. The molecule has 1 unspecified atom stereocenters. The topological polar surface area (TPSA) is 37.3 Å². The molecule has 0 saturated carbocycles. The molecule has 0 fully saturated rings. The highest BCUT2D eigenvalue weighted by Gasteiger charge is 1.94. The predicted octanol–water partition coefficient (Wildman–Crippen LogP) is 2.08. The number of hydrogen-bond donors (Lipinski definition) is 1. The second kappa shape index (κ2) is 9.38. The van der Waals surface area contributed by atoms with Crippen LogP contribution in [0.15, 0.2) is 0 Å². The first-order valence-electron chi connectivity index (χ1n) is 3.05. The first kappa shape index (κ1) is 13.0. The zero-order valence-electron chi connectivity index (χ0n) is 5.98. The van der Waals surface area contributed by atoms with Gasteiger partial charge in [0.25, 0.3) is 0 Å². The van der Waals surface area contributed by atoms with Gasteiger partial charge in [-0.15, -0.1) is 0 Å². The molecule has 0 heterocycles. The quantitative estimate of drug-likeness (QED) is 0.445. The molecule has 62 valence electrons. The van der Waals surface area contributed by atoms with Crippen LogP contribution in [0, 0.1) is 0 Å². The third-order valence-corrected chi connectivity index (χ3v) is 1.59. The number of rotatable bonds is 5. The maximum atomic E-state index is 9.95. The lowest BCUT2D eigenvalue weighted by atomic mass is 10.2. The molecule has 0 spiro atoms. The lowest BCUT2D eigenvalue weighted by molar-refractivity contribution is -0.137. The maximum Gasteiger partial charge on any atom is 0.303 e. The number of halogens is 1. The van der Waals surface area contributed by atoms with Crippen molar-refractivity contribution in [3.05, 3.63) is 0 Å². The van der Waals surface area contributed by atoms with Crippen LogP contribution in [-0.2, 0) is 4.79 Å². The summed E-state index contributed by atoms with van der Waals surface area (Å²) in [7, 11) is 0. The third kappa shape index (κ3) is 11.2. The standard InChI is InChI=1S/C6H11BrO2.H3P/c7-5-3-1-2-4-6(8)9;/h1-5H2,(H,8,9);1H3. The molecule has 0 radical (unpaired) electrons. The summed E-state index contributed by atoms with van der Waals surface area (Å²) in [6.45, 7) is 0. The number of aliphatic carboxylic acids is 1. The summed E-state index contributed by atoms with van der Waals surface area (Å²) in [5, 5.41) is 9.18. The summed E-state index contributed by atoms with van der Waals surface area (Å²) < 4.78 is 0. The maximum absolute atomic E-state index is 9.95. The van der Waals surface area contributed by atoms with Gasteiger partial charge in [0.05, 0.1) is 0 Å². The molecule has 4 heteroatoms. The van der Waals surface area contributed by atoms with Crippen molar-refractivity contribution in [3.63, 3.8) is 0 Å². The molecule has 0 aromatic carbocycles. The Bertz CT molecular complexity index is 87.8. The van der Waals surface area contributed by atoms with Gasteiger partial charge in [0, 0.05) is 11.8 Å². The minimum Gasteiger partial charge on any atom is -0.481 e. The molecule has 0 aliphatic rings. The van der Waals surface area contributed by atoms with Crippen LogP contribution in [0.3, 0.4) is 0 Å². The number of carboxylic acids is 1. The van der Waals surface area contributed by atoms with E-state index in [2.05, 4.69) is 15.9 Å². The number of unbranched alkanes of at least 4 members (excludes halogenated alkanes) is 2. The van der Waals surface area contributed by atoms with E-state index in [0.29, 0.717) is 6.42 Å². The van der Waals surface area contributed by atoms with E-state index < -0.39 is 5.97 Å². The van der Waals surface area contributed by atoms with Gasteiger partial charge in [0.15, 0.2) is 0 Å². The first-order valence-corrected chi connectivity index (χ1v) is 4.17. The fourth-order valence-corrected chi connectivity index (χ4v) is 0.944. The Morgan fingerprint density at radius 1 is 1.30 bits per heavy atom. The van der Waals surface area contributed by atoms with Gasteiger partial charge in [-0.2, -0.15) is 9.90 Å². The van der Waals surface area contributed by atoms with E-state index in [1.807, 2.05) is 0 Å². The fourth-order valence-electron chi connectivity index (χ4n) is 0.547. The molecular weight excluding hydrogens is 215 g/mol. The van der Waals surface area contributed by atoms with E-state index in [9.17, 15) is 4.79 Å². The van der Waals surface area contributed by atoms with Crippen LogP contribution >= 0.6 is 25.8 Å². The van der Waals surface area contributed by atoms with Gasteiger partial charge in [-0.1, -0.05) is 22.4 Å². The van der Waals surface area contributed by atoms with Gasteiger partial charge >= 0.3 is 5.97 Å². The van der Waals surface area contributed by atoms with Crippen LogP contribution in [0.4, 0.5) is 0 Å². The Morgan fingerprint density at radius 3 is 2.30 bits per heavy atom. The van der Waals surface area contributed by atoms with Crippen LogP contribution in [0.1, 0.15) is 25.7 Å². The molecule has 1 N–H and O–H groups in total. The Labute approximate surface area is 73.1 Å². The summed E-state index contributed by atoms with van der Waals surface area (Å²) in [5.41, 5.74) is 0. The van der Waals surface area contributed by atoms with Gasteiger partial charge in [0.1, 0.15) is 0 Å². The summed E-state index contributed by atoms with van der Waals surface area (Å²) in [6, 6.07) is 0. The van der Waals surface area contributed by atoms with Crippen molar-refractivity contribution in [1.82, 2.24) is 0 Å². The lowest BCUT2D eigenvalue weighted by Gasteiger charge is -1.92. The van der Waals surface area contributed by atoms with E-state index in [4.69, 9.17) is 5.11 Å². The van der Waals surface area contributed by atoms with Crippen molar-refractivity contribution >= 4 is 31.8 Å². The van der Waals surface area contributed by atoms with Crippen molar-refractivity contribution in [2.75, 3.05) is 5.33 Å². The SMILES string of the molecule is O=C(O)CCCCCBr.P. The summed E-state index contributed by atoms with van der Waals surface area (Å²) in [6.07, 6.45) is 3.21. The Morgan fingerprint density at radius 2 is 1.90 bits per heavy atom. The van der Waals surface area contributed by atoms with Crippen LogP contribution < -0.4 is 0 Å². The Balaban J connectivity index is 0. The van der Waals surface area contributed by atoms with Gasteiger partial charge in [-0.05, 0) is 12.8 Å². The van der Waals surface area contributed by atoms with Crippen molar-refractivity contribution in [2.45, 2.75) is 25.7 Å². The minimum atomic E-state index is -0.690. The second-order valence-corrected chi connectivity index (χ2v) is 2.69. The summed E-state index contributed by atoms with van der Waals surface area (Å²) in [4.78, 5) is 9.95. The summed E-state index contributed by atoms with van der Waals surface area (Å²) in [5.74, 6) is -0.690. The Hall–Kier alpha value is 0.380. The average molecular weight is 229 g/mol. The Kier molecular flexibility index (Phi) is 12.2. The highest BCUT2D eigenvalue weighted by molar-refractivity contribution is 9.09. The van der Waals surface area contributed by atoms with Gasteiger partial charge in [-0.25, -0.2) is 0 Å². The van der Waals surface area contributed by atoms with Crippen LogP contribution in [0.25, 0.3) is 0 Å². The van der Waals surface area contributed by atoms with Crippen LogP contribution in [-0.4, -0.2) is 16.4 Å². The monoisotopic (exact) mass is 228 g/mol. The zero-order chi connectivity index (χ0) is 7.11. The fraction of sp³-hybridized carbons (Fsp3) is 0.833. The normalized spacial score (nSPS) is 8.50. The van der Waals surface area contributed by atoms with E-state index >= 15 is 0 Å². The number of alkyl halides is 1. The largest absolute Gasteiger partial charge is 0.481 e. The van der Waals surface area contributed by atoms with Crippen molar-refractivity contribution < 1.29 is 9.90 Å². The molecular formula is C6H14BrO2P. The molecule has 0 aromatic heterocycles. The molecule has 0 aromatic rings.